The molecule has 32 heavy (non-hydrogen) atoms. The van der Waals surface area contributed by atoms with E-state index in [0.717, 1.165) is 15.6 Å². The van der Waals surface area contributed by atoms with Gasteiger partial charge in [0, 0.05) is 29.5 Å². The van der Waals surface area contributed by atoms with Crippen LogP contribution in [0.2, 0.25) is 5.02 Å². The van der Waals surface area contributed by atoms with Crippen LogP contribution in [-0.4, -0.2) is 36.4 Å². The van der Waals surface area contributed by atoms with Crippen molar-refractivity contribution in [3.05, 3.63) is 99.5 Å². The Morgan fingerprint density at radius 3 is 2.25 bits per heavy atom. The first-order chi connectivity index (χ1) is 15.5. The van der Waals surface area contributed by atoms with E-state index in [2.05, 4.69) is 21.2 Å². The van der Waals surface area contributed by atoms with Crippen molar-refractivity contribution in [3.63, 3.8) is 0 Å². The van der Waals surface area contributed by atoms with Crippen LogP contribution in [0.15, 0.2) is 83.3 Å². The number of nitrogens with one attached hydrogen (secondary N) is 1. The number of nitrogens with zero attached hydrogens (tertiary/aromatic N) is 1. The quantitative estimate of drug-likeness (QED) is 0.442. The van der Waals surface area contributed by atoms with Gasteiger partial charge < -0.3 is 15.0 Å². The molecule has 3 aromatic rings. The van der Waals surface area contributed by atoms with Crippen LogP contribution in [0, 0.1) is 0 Å². The van der Waals surface area contributed by atoms with Crippen molar-refractivity contribution < 1.29 is 14.3 Å². The highest BCUT2D eigenvalue weighted by atomic mass is 79.9. The summed E-state index contributed by atoms with van der Waals surface area (Å²) in [5, 5.41) is 3.29. The van der Waals surface area contributed by atoms with Crippen LogP contribution < -0.4 is 10.1 Å². The van der Waals surface area contributed by atoms with Crippen molar-refractivity contribution in [2.45, 2.75) is 19.0 Å². The van der Waals surface area contributed by atoms with Crippen LogP contribution in [-0.2, 0) is 22.6 Å². The van der Waals surface area contributed by atoms with Crippen LogP contribution in [0.4, 0.5) is 0 Å². The first kappa shape index (κ1) is 23.8. The lowest BCUT2D eigenvalue weighted by molar-refractivity contribution is -0.142. The topological polar surface area (TPSA) is 58.6 Å². The van der Waals surface area contributed by atoms with E-state index in [9.17, 15) is 9.59 Å². The highest BCUT2D eigenvalue weighted by Crippen LogP contribution is 2.19. The van der Waals surface area contributed by atoms with Gasteiger partial charge in [0.15, 0.2) is 6.61 Å². The predicted molar refractivity (Wildman–Crippen MR) is 130 cm³/mol. The summed E-state index contributed by atoms with van der Waals surface area (Å²) in [5.74, 6) is 0.0177. The molecule has 0 radical (unpaired) electrons. The minimum absolute atomic E-state index is 0.194. The van der Waals surface area contributed by atoms with Gasteiger partial charge in [-0.05, 0) is 47.5 Å². The number of ether oxygens (including phenoxy) is 1. The van der Waals surface area contributed by atoms with E-state index in [1.807, 2.05) is 54.6 Å². The Morgan fingerprint density at radius 1 is 0.969 bits per heavy atom. The molecular formula is C25H24BrClN2O3. The highest BCUT2D eigenvalue weighted by Gasteiger charge is 2.30. The molecular weight excluding hydrogens is 492 g/mol. The molecule has 7 heteroatoms. The molecule has 0 saturated heterocycles. The number of rotatable bonds is 9. The molecule has 0 bridgehead atoms. The molecule has 2 amide bonds. The van der Waals surface area contributed by atoms with Gasteiger partial charge in [-0.2, -0.15) is 0 Å². The van der Waals surface area contributed by atoms with Crippen LogP contribution in [0.1, 0.15) is 11.1 Å². The Hall–Kier alpha value is -2.83. The number of benzene rings is 3. The van der Waals surface area contributed by atoms with Gasteiger partial charge in [-0.15, -0.1) is 0 Å². The molecule has 0 aliphatic rings. The maximum absolute atomic E-state index is 13.3. The van der Waals surface area contributed by atoms with Crippen LogP contribution >= 0.6 is 27.5 Å². The van der Waals surface area contributed by atoms with E-state index >= 15 is 0 Å². The third-order valence-electron chi connectivity index (χ3n) is 4.96. The Labute approximate surface area is 201 Å². The molecule has 166 valence electrons. The van der Waals surface area contributed by atoms with Gasteiger partial charge in [-0.1, -0.05) is 70.0 Å². The van der Waals surface area contributed by atoms with Crippen molar-refractivity contribution in [3.8, 4) is 5.75 Å². The molecule has 5 nitrogen and oxygen atoms in total. The van der Waals surface area contributed by atoms with Crippen LogP contribution in [0.3, 0.4) is 0 Å². The third kappa shape index (κ3) is 6.84. The summed E-state index contributed by atoms with van der Waals surface area (Å²) in [4.78, 5) is 27.7. The number of carbonyl (C=O) groups is 2. The van der Waals surface area contributed by atoms with Gasteiger partial charge in [0.05, 0.1) is 0 Å². The average molecular weight is 516 g/mol. The fraction of sp³-hybridized carbons (Fsp3) is 0.200. The summed E-state index contributed by atoms with van der Waals surface area (Å²) in [6, 6.07) is 23.4. The zero-order valence-electron chi connectivity index (χ0n) is 17.6. The summed E-state index contributed by atoms with van der Waals surface area (Å²) >= 11 is 9.35. The molecule has 0 spiro atoms. The largest absolute Gasteiger partial charge is 0.484 e. The van der Waals surface area contributed by atoms with Crippen molar-refractivity contribution >= 4 is 39.3 Å². The second-order valence-corrected chi connectivity index (χ2v) is 8.56. The zero-order chi connectivity index (χ0) is 22.9. The molecule has 0 fully saturated rings. The van der Waals surface area contributed by atoms with Crippen molar-refractivity contribution in [2.24, 2.45) is 0 Å². The Bertz CT molecular complexity index is 1030. The van der Waals surface area contributed by atoms with E-state index in [1.54, 1.807) is 36.2 Å². The molecule has 0 saturated carbocycles. The Balaban J connectivity index is 1.85. The van der Waals surface area contributed by atoms with Crippen molar-refractivity contribution in [1.29, 1.82) is 0 Å². The monoisotopic (exact) mass is 514 g/mol. The average Bonchev–Trinajstić information content (AvgIpc) is 2.82. The molecule has 0 aliphatic heterocycles. The highest BCUT2D eigenvalue weighted by molar-refractivity contribution is 9.10. The van der Waals surface area contributed by atoms with Gasteiger partial charge in [-0.25, -0.2) is 0 Å². The SMILES string of the molecule is CNC(=O)C(Cc1ccccc1)N(Cc1ccc(Br)cc1)C(=O)COc1ccc(Cl)cc1. The number of likely N-dealkylation sites (N-methyl/N-ethyl adjacent to an activating group) is 1. The molecule has 0 heterocycles. The maximum atomic E-state index is 13.3. The molecule has 1 unspecified atom stereocenters. The van der Waals surface area contributed by atoms with E-state index in [0.29, 0.717) is 17.2 Å². The minimum Gasteiger partial charge on any atom is -0.484 e. The zero-order valence-corrected chi connectivity index (χ0v) is 20.0. The van der Waals surface area contributed by atoms with Gasteiger partial charge in [0.2, 0.25) is 5.91 Å². The first-order valence-corrected chi connectivity index (χ1v) is 11.3. The first-order valence-electron chi connectivity index (χ1n) is 10.1. The van der Waals surface area contributed by atoms with Gasteiger partial charge in [-0.3, -0.25) is 9.59 Å². The van der Waals surface area contributed by atoms with Crippen molar-refractivity contribution in [2.75, 3.05) is 13.7 Å². The standard InChI is InChI=1S/C25H24BrClN2O3/c1-28-25(31)23(15-18-5-3-2-4-6-18)29(16-19-7-9-20(26)10-8-19)24(30)17-32-22-13-11-21(27)12-14-22/h2-14,23H,15-17H2,1H3,(H,28,31). The number of carbonyl (C=O) groups excluding carboxylic acids is 2. The normalized spacial score (nSPS) is 11.5. The molecule has 3 aromatic carbocycles. The van der Waals surface area contributed by atoms with E-state index in [4.69, 9.17) is 16.3 Å². The van der Waals surface area contributed by atoms with Gasteiger partial charge in [0.25, 0.3) is 5.91 Å². The predicted octanol–water partition coefficient (Wildman–Crippen LogP) is 4.87. The fourth-order valence-electron chi connectivity index (χ4n) is 3.27. The van der Waals surface area contributed by atoms with Gasteiger partial charge >= 0.3 is 0 Å². The smallest absolute Gasteiger partial charge is 0.261 e. The second kappa shape index (κ2) is 11.7. The summed E-state index contributed by atoms with van der Waals surface area (Å²) in [7, 11) is 1.58. The molecule has 0 aliphatic carbocycles. The number of amides is 2. The fourth-order valence-corrected chi connectivity index (χ4v) is 3.66. The minimum atomic E-state index is -0.688. The summed E-state index contributed by atoms with van der Waals surface area (Å²) < 4.78 is 6.63. The lowest BCUT2D eigenvalue weighted by Gasteiger charge is -2.31. The summed E-state index contributed by atoms with van der Waals surface area (Å²) in [5.41, 5.74) is 1.88. The third-order valence-corrected chi connectivity index (χ3v) is 5.74. The number of hydrogen-bond donors (Lipinski definition) is 1. The number of hydrogen-bond acceptors (Lipinski definition) is 3. The molecule has 3 rings (SSSR count). The second-order valence-electron chi connectivity index (χ2n) is 7.21. The lowest BCUT2D eigenvalue weighted by atomic mass is 10.0. The molecule has 1 N–H and O–H groups in total. The van der Waals surface area contributed by atoms with Gasteiger partial charge in [0.1, 0.15) is 11.8 Å². The van der Waals surface area contributed by atoms with E-state index in [1.165, 1.54) is 0 Å². The van der Waals surface area contributed by atoms with E-state index in [-0.39, 0.29) is 25.0 Å². The van der Waals surface area contributed by atoms with Crippen LogP contribution in [0.25, 0.3) is 0 Å². The summed E-state index contributed by atoms with van der Waals surface area (Å²) in [6.07, 6.45) is 0.393. The van der Waals surface area contributed by atoms with E-state index < -0.39 is 6.04 Å². The molecule has 1 atom stereocenters. The lowest BCUT2D eigenvalue weighted by Crippen LogP contribution is -2.51. The van der Waals surface area contributed by atoms with Crippen molar-refractivity contribution in [1.82, 2.24) is 10.2 Å². The van der Waals surface area contributed by atoms with Crippen LogP contribution in [0.5, 0.6) is 5.75 Å². The number of halogens is 2. The molecule has 0 aromatic heterocycles. The maximum Gasteiger partial charge on any atom is 0.261 e. The Morgan fingerprint density at radius 2 is 1.62 bits per heavy atom. The summed E-state index contributed by atoms with van der Waals surface area (Å²) in [6.45, 7) is 0.0848. The Kier molecular flexibility index (Phi) is 8.71.